The summed E-state index contributed by atoms with van der Waals surface area (Å²) in [5.41, 5.74) is 0. The lowest BCUT2D eigenvalue weighted by atomic mass is 9.97. The van der Waals surface area contributed by atoms with Gasteiger partial charge in [-0.25, -0.2) is 0 Å². The number of alkyl halides is 3. The third-order valence-corrected chi connectivity index (χ3v) is 2.95. The number of piperidine rings is 1. The normalized spacial score (nSPS) is 24.9. The molecule has 2 atom stereocenters. The second-order valence-corrected chi connectivity index (χ2v) is 4.45. The van der Waals surface area contributed by atoms with E-state index in [4.69, 9.17) is 4.74 Å². The first kappa shape index (κ1) is 14.7. The van der Waals surface area contributed by atoms with Crippen LogP contribution in [0.5, 0.6) is 0 Å². The van der Waals surface area contributed by atoms with Crippen molar-refractivity contribution in [3.8, 4) is 0 Å². The fourth-order valence-electron chi connectivity index (χ4n) is 2.09. The fraction of sp³-hybridized carbons (Fsp3) is 1.00. The minimum absolute atomic E-state index is 0.00726. The first-order chi connectivity index (χ1) is 7.93. The van der Waals surface area contributed by atoms with Crippen LogP contribution in [0.4, 0.5) is 13.2 Å². The third-order valence-electron chi connectivity index (χ3n) is 2.95. The van der Waals surface area contributed by atoms with E-state index >= 15 is 0 Å². The lowest BCUT2D eigenvalue weighted by Gasteiger charge is -2.34. The molecule has 1 N–H and O–H groups in total. The van der Waals surface area contributed by atoms with E-state index in [2.05, 4.69) is 0 Å². The molecule has 0 aromatic heterocycles. The molecule has 1 fully saturated rings. The molecular weight excluding hydrogens is 235 g/mol. The predicted molar refractivity (Wildman–Crippen MR) is 57.7 cm³/mol. The Morgan fingerprint density at radius 1 is 1.47 bits per heavy atom. The molecule has 1 aliphatic heterocycles. The van der Waals surface area contributed by atoms with Crippen LogP contribution in [0.15, 0.2) is 0 Å². The molecule has 1 saturated heterocycles. The summed E-state index contributed by atoms with van der Waals surface area (Å²) in [5, 5.41) is 9.57. The highest BCUT2D eigenvalue weighted by molar-refractivity contribution is 4.79. The Kier molecular flexibility index (Phi) is 5.69. The molecule has 6 heteroatoms. The van der Waals surface area contributed by atoms with Gasteiger partial charge < -0.3 is 14.7 Å². The molecule has 0 radical (unpaired) electrons. The minimum atomic E-state index is -4.12. The number of aliphatic hydroxyl groups is 1. The molecule has 0 bridgehead atoms. The topological polar surface area (TPSA) is 32.7 Å². The zero-order chi connectivity index (χ0) is 12.9. The molecule has 0 spiro atoms. The Bertz CT molecular complexity index is 223. The number of hydrogen-bond donors (Lipinski definition) is 1. The van der Waals surface area contributed by atoms with Gasteiger partial charge >= 0.3 is 6.18 Å². The number of hydrogen-bond acceptors (Lipinski definition) is 3. The zero-order valence-corrected chi connectivity index (χ0v) is 10.0. The average molecular weight is 255 g/mol. The van der Waals surface area contributed by atoms with E-state index in [1.807, 2.05) is 6.92 Å². The summed E-state index contributed by atoms with van der Waals surface area (Å²) in [6, 6.07) is 0. The Hall–Kier alpha value is -0.330. The van der Waals surface area contributed by atoms with Crippen LogP contribution in [0, 0.1) is 5.92 Å². The van der Waals surface area contributed by atoms with E-state index in [9.17, 15) is 18.3 Å². The van der Waals surface area contributed by atoms with Gasteiger partial charge in [0.25, 0.3) is 0 Å². The summed E-state index contributed by atoms with van der Waals surface area (Å²) in [6.07, 6.45) is -4.10. The maximum Gasteiger partial charge on any atom is 0.393 e. The highest BCUT2D eigenvalue weighted by atomic mass is 19.4. The van der Waals surface area contributed by atoms with E-state index in [-0.39, 0.29) is 26.1 Å². The highest BCUT2D eigenvalue weighted by Gasteiger charge is 2.41. The summed E-state index contributed by atoms with van der Waals surface area (Å²) in [4.78, 5) is 1.67. The van der Waals surface area contributed by atoms with E-state index in [0.717, 1.165) is 0 Å². The molecule has 0 amide bonds. The van der Waals surface area contributed by atoms with Gasteiger partial charge in [-0.3, -0.25) is 0 Å². The average Bonchev–Trinajstić information content (AvgIpc) is 2.25. The Morgan fingerprint density at radius 3 is 2.76 bits per heavy atom. The number of likely N-dealkylation sites (tertiary alicyclic amines) is 1. The van der Waals surface area contributed by atoms with Crippen LogP contribution in [-0.4, -0.2) is 55.1 Å². The van der Waals surface area contributed by atoms with Gasteiger partial charge in [0.15, 0.2) is 0 Å². The van der Waals surface area contributed by atoms with Crippen molar-refractivity contribution >= 4 is 0 Å². The Labute approximate surface area is 99.5 Å². The van der Waals surface area contributed by atoms with Crippen LogP contribution in [0.2, 0.25) is 0 Å². The molecule has 1 heterocycles. The molecule has 2 unspecified atom stereocenters. The minimum Gasteiger partial charge on any atom is -0.389 e. The summed E-state index contributed by atoms with van der Waals surface area (Å²) in [6.45, 7) is 3.37. The largest absolute Gasteiger partial charge is 0.393 e. The van der Waals surface area contributed by atoms with Crippen LogP contribution in [0.1, 0.15) is 19.8 Å². The summed E-state index contributed by atoms with van der Waals surface area (Å²) in [7, 11) is 0. The van der Waals surface area contributed by atoms with Gasteiger partial charge in [0.2, 0.25) is 0 Å². The smallest absolute Gasteiger partial charge is 0.389 e. The molecule has 0 saturated carbocycles. The number of β-amino-alcohol motifs (C(OH)–C–C–N with tert-alkyl or cyclic N) is 1. The van der Waals surface area contributed by atoms with E-state index in [1.165, 1.54) is 0 Å². The number of ether oxygens (including phenoxy) is 1. The van der Waals surface area contributed by atoms with Crippen LogP contribution in [0.25, 0.3) is 0 Å². The first-order valence-electron chi connectivity index (χ1n) is 5.98. The summed E-state index contributed by atoms with van der Waals surface area (Å²) >= 11 is 0. The molecule has 17 heavy (non-hydrogen) atoms. The molecular formula is C11H20F3NO2. The molecule has 1 rings (SSSR count). The number of rotatable bonds is 5. The monoisotopic (exact) mass is 255 g/mol. The van der Waals surface area contributed by atoms with E-state index in [0.29, 0.717) is 19.6 Å². The highest BCUT2D eigenvalue weighted by Crippen LogP contribution is 2.32. The third kappa shape index (κ3) is 5.23. The number of nitrogens with zero attached hydrogens (tertiary/aromatic N) is 1. The zero-order valence-electron chi connectivity index (χ0n) is 10.0. The van der Waals surface area contributed by atoms with Gasteiger partial charge in [-0.1, -0.05) is 0 Å². The van der Waals surface area contributed by atoms with Crippen LogP contribution in [-0.2, 0) is 4.74 Å². The molecule has 3 nitrogen and oxygen atoms in total. The van der Waals surface area contributed by atoms with Crippen molar-refractivity contribution in [1.82, 2.24) is 4.90 Å². The summed E-state index contributed by atoms with van der Waals surface area (Å²) < 4.78 is 42.7. The first-order valence-corrected chi connectivity index (χ1v) is 5.98. The van der Waals surface area contributed by atoms with Crippen molar-refractivity contribution in [2.45, 2.75) is 32.0 Å². The molecule has 102 valence electrons. The SMILES string of the molecule is CCOCC(O)CN1CCCC(C(F)(F)F)C1. The van der Waals surface area contributed by atoms with Gasteiger partial charge in [-0.15, -0.1) is 0 Å². The van der Waals surface area contributed by atoms with Gasteiger partial charge in [0, 0.05) is 19.7 Å². The van der Waals surface area contributed by atoms with Crippen LogP contribution in [0.3, 0.4) is 0 Å². The maximum atomic E-state index is 12.5. The fourth-order valence-corrected chi connectivity index (χ4v) is 2.09. The predicted octanol–water partition coefficient (Wildman–Crippen LogP) is 1.66. The van der Waals surface area contributed by atoms with Crippen molar-refractivity contribution in [1.29, 1.82) is 0 Å². The van der Waals surface area contributed by atoms with Gasteiger partial charge in [0.05, 0.1) is 18.6 Å². The van der Waals surface area contributed by atoms with Gasteiger partial charge in [-0.2, -0.15) is 13.2 Å². The molecule has 0 aromatic rings. The Morgan fingerprint density at radius 2 is 2.18 bits per heavy atom. The number of aliphatic hydroxyl groups excluding tert-OH is 1. The van der Waals surface area contributed by atoms with Gasteiger partial charge in [-0.05, 0) is 26.3 Å². The maximum absolute atomic E-state index is 12.5. The second-order valence-electron chi connectivity index (χ2n) is 4.45. The van der Waals surface area contributed by atoms with Crippen molar-refractivity contribution < 1.29 is 23.0 Å². The quantitative estimate of drug-likeness (QED) is 0.811. The second kappa shape index (κ2) is 6.56. The van der Waals surface area contributed by atoms with Crippen molar-refractivity contribution in [2.75, 3.05) is 32.8 Å². The van der Waals surface area contributed by atoms with Crippen molar-refractivity contribution in [2.24, 2.45) is 5.92 Å². The van der Waals surface area contributed by atoms with Crippen molar-refractivity contribution in [3.63, 3.8) is 0 Å². The van der Waals surface area contributed by atoms with E-state index < -0.39 is 18.2 Å². The van der Waals surface area contributed by atoms with Crippen LogP contribution >= 0.6 is 0 Å². The molecule has 1 aliphatic rings. The van der Waals surface area contributed by atoms with Crippen molar-refractivity contribution in [3.05, 3.63) is 0 Å². The number of halogens is 3. The van der Waals surface area contributed by atoms with E-state index in [1.54, 1.807) is 4.90 Å². The molecule has 0 aromatic carbocycles. The Balaban J connectivity index is 2.34. The van der Waals surface area contributed by atoms with Gasteiger partial charge in [0.1, 0.15) is 0 Å². The lowest BCUT2D eigenvalue weighted by Crippen LogP contribution is -2.45. The standard InChI is InChI=1S/C11H20F3NO2/c1-2-17-8-10(16)7-15-5-3-4-9(6-15)11(12,13)14/h9-10,16H,2-8H2,1H3. The lowest BCUT2D eigenvalue weighted by molar-refractivity contribution is -0.187. The summed E-state index contributed by atoms with van der Waals surface area (Å²) in [5.74, 6) is -1.25. The van der Waals surface area contributed by atoms with Crippen LogP contribution < -0.4 is 0 Å². The molecule has 0 aliphatic carbocycles.